The summed E-state index contributed by atoms with van der Waals surface area (Å²) in [6.45, 7) is 8.25. The maximum Gasteiger partial charge on any atom is 0.0587 e. The number of methoxy groups -OCH3 is 1. The molecule has 1 aromatic heterocycles. The molecule has 0 saturated heterocycles. The Morgan fingerprint density at radius 2 is 2.25 bits per heavy atom. The van der Waals surface area contributed by atoms with Gasteiger partial charge in [0.05, 0.1) is 6.61 Å². The van der Waals surface area contributed by atoms with Crippen molar-refractivity contribution in [2.45, 2.75) is 33.4 Å². The van der Waals surface area contributed by atoms with E-state index in [9.17, 15) is 0 Å². The lowest BCUT2D eigenvalue weighted by Gasteiger charge is -2.05. The van der Waals surface area contributed by atoms with Gasteiger partial charge in [0.15, 0.2) is 0 Å². The minimum absolute atomic E-state index is 0.769. The van der Waals surface area contributed by atoms with Gasteiger partial charge in [-0.1, -0.05) is 13.8 Å². The zero-order chi connectivity index (χ0) is 11.8. The summed E-state index contributed by atoms with van der Waals surface area (Å²) in [7, 11) is 1.73. The molecule has 1 rings (SSSR count). The highest BCUT2D eigenvalue weighted by molar-refractivity contribution is 5.09. The van der Waals surface area contributed by atoms with Crippen LogP contribution in [0.5, 0.6) is 0 Å². The van der Waals surface area contributed by atoms with Gasteiger partial charge in [-0.3, -0.25) is 0 Å². The van der Waals surface area contributed by atoms with Crippen molar-refractivity contribution in [1.82, 2.24) is 9.88 Å². The summed E-state index contributed by atoms with van der Waals surface area (Å²) < 4.78 is 7.25. The molecule has 1 aromatic rings. The zero-order valence-electron chi connectivity index (χ0n) is 10.7. The second-order valence-electron chi connectivity index (χ2n) is 4.61. The zero-order valence-corrected chi connectivity index (χ0v) is 10.7. The van der Waals surface area contributed by atoms with Crippen LogP contribution in [0, 0.1) is 5.92 Å². The van der Waals surface area contributed by atoms with E-state index in [1.165, 1.54) is 12.0 Å². The van der Waals surface area contributed by atoms with Crippen molar-refractivity contribution in [3.05, 3.63) is 24.0 Å². The Bertz CT molecular complexity index is 281. The molecule has 16 heavy (non-hydrogen) atoms. The van der Waals surface area contributed by atoms with Gasteiger partial charge in [-0.15, -0.1) is 0 Å². The smallest absolute Gasteiger partial charge is 0.0587 e. The van der Waals surface area contributed by atoms with E-state index in [1.54, 1.807) is 7.11 Å². The summed E-state index contributed by atoms with van der Waals surface area (Å²) in [5, 5.41) is 3.34. The van der Waals surface area contributed by atoms with Gasteiger partial charge in [-0.2, -0.15) is 0 Å². The van der Waals surface area contributed by atoms with E-state index < -0.39 is 0 Å². The van der Waals surface area contributed by atoms with Crippen LogP contribution in [0.15, 0.2) is 18.5 Å². The van der Waals surface area contributed by atoms with Gasteiger partial charge in [0.25, 0.3) is 0 Å². The molecule has 92 valence electrons. The Kier molecular flexibility index (Phi) is 6.19. The summed E-state index contributed by atoms with van der Waals surface area (Å²) in [5.41, 5.74) is 1.35. The molecule has 0 aromatic carbocycles. The first-order valence-electron chi connectivity index (χ1n) is 6.06. The molecule has 0 spiro atoms. The molecule has 0 unspecified atom stereocenters. The minimum Gasteiger partial charge on any atom is -0.383 e. The lowest BCUT2D eigenvalue weighted by molar-refractivity contribution is 0.199. The van der Waals surface area contributed by atoms with Gasteiger partial charge in [0.2, 0.25) is 0 Å². The summed E-state index contributed by atoms with van der Waals surface area (Å²) in [6, 6.07) is 2.18. The normalized spacial score (nSPS) is 11.2. The summed E-state index contributed by atoms with van der Waals surface area (Å²) in [5.74, 6) is 0.769. The van der Waals surface area contributed by atoms with E-state index >= 15 is 0 Å². The SMILES string of the molecule is COCCNCc1ccn(CCC(C)C)c1. The Balaban J connectivity index is 2.22. The second-order valence-corrected chi connectivity index (χ2v) is 4.61. The van der Waals surface area contributed by atoms with Gasteiger partial charge >= 0.3 is 0 Å². The average molecular weight is 224 g/mol. The Labute approximate surface area is 98.8 Å². The fourth-order valence-electron chi connectivity index (χ4n) is 1.55. The molecule has 1 heterocycles. The Hall–Kier alpha value is -0.800. The predicted molar refractivity (Wildman–Crippen MR) is 67.5 cm³/mol. The monoisotopic (exact) mass is 224 g/mol. The van der Waals surface area contributed by atoms with Gasteiger partial charge in [0.1, 0.15) is 0 Å². The maximum absolute atomic E-state index is 4.98. The maximum atomic E-state index is 4.98. The fourth-order valence-corrected chi connectivity index (χ4v) is 1.55. The van der Waals surface area contributed by atoms with Crippen molar-refractivity contribution >= 4 is 0 Å². The van der Waals surface area contributed by atoms with E-state index in [4.69, 9.17) is 4.74 Å². The molecule has 0 atom stereocenters. The van der Waals surface area contributed by atoms with Crippen LogP contribution in [-0.2, 0) is 17.8 Å². The minimum atomic E-state index is 0.769. The highest BCUT2D eigenvalue weighted by atomic mass is 16.5. The van der Waals surface area contributed by atoms with Crippen molar-refractivity contribution in [2.75, 3.05) is 20.3 Å². The van der Waals surface area contributed by atoms with Gasteiger partial charge < -0.3 is 14.6 Å². The number of hydrogen-bond acceptors (Lipinski definition) is 2. The number of nitrogens with zero attached hydrogens (tertiary/aromatic N) is 1. The molecule has 0 aliphatic carbocycles. The first-order chi connectivity index (χ1) is 7.72. The number of ether oxygens (including phenoxy) is 1. The van der Waals surface area contributed by atoms with Crippen LogP contribution in [0.3, 0.4) is 0 Å². The van der Waals surface area contributed by atoms with Crippen LogP contribution >= 0.6 is 0 Å². The highest BCUT2D eigenvalue weighted by Crippen LogP contribution is 2.06. The fraction of sp³-hybridized carbons (Fsp3) is 0.692. The van der Waals surface area contributed by atoms with Crippen LogP contribution in [-0.4, -0.2) is 24.8 Å². The second kappa shape index (κ2) is 7.47. The lowest BCUT2D eigenvalue weighted by atomic mass is 10.1. The molecule has 0 bridgehead atoms. The number of aryl methyl sites for hydroxylation is 1. The van der Waals surface area contributed by atoms with E-state index in [2.05, 4.69) is 42.2 Å². The number of rotatable bonds is 8. The first kappa shape index (κ1) is 13.3. The summed E-state index contributed by atoms with van der Waals surface area (Å²) >= 11 is 0. The molecule has 0 amide bonds. The van der Waals surface area contributed by atoms with E-state index in [0.29, 0.717) is 0 Å². The lowest BCUT2D eigenvalue weighted by Crippen LogP contribution is -2.18. The third-order valence-electron chi connectivity index (χ3n) is 2.59. The molecule has 0 saturated carbocycles. The third-order valence-corrected chi connectivity index (χ3v) is 2.59. The molecule has 0 aliphatic rings. The van der Waals surface area contributed by atoms with Crippen molar-refractivity contribution in [3.8, 4) is 0 Å². The molecule has 3 nitrogen and oxygen atoms in total. The molecular weight excluding hydrogens is 200 g/mol. The van der Waals surface area contributed by atoms with Crippen LogP contribution in [0.2, 0.25) is 0 Å². The largest absolute Gasteiger partial charge is 0.383 e. The Morgan fingerprint density at radius 1 is 1.44 bits per heavy atom. The van der Waals surface area contributed by atoms with Crippen molar-refractivity contribution in [1.29, 1.82) is 0 Å². The molecular formula is C13H24N2O. The molecule has 0 fully saturated rings. The van der Waals surface area contributed by atoms with Crippen molar-refractivity contribution in [3.63, 3.8) is 0 Å². The predicted octanol–water partition coefficient (Wildman–Crippen LogP) is 2.27. The van der Waals surface area contributed by atoms with Crippen LogP contribution in [0.1, 0.15) is 25.8 Å². The van der Waals surface area contributed by atoms with Crippen LogP contribution in [0.25, 0.3) is 0 Å². The summed E-state index contributed by atoms with van der Waals surface area (Å²) in [4.78, 5) is 0. The van der Waals surface area contributed by atoms with Gasteiger partial charge in [-0.25, -0.2) is 0 Å². The third kappa shape index (κ3) is 5.33. The molecule has 3 heteroatoms. The number of aromatic nitrogens is 1. The Morgan fingerprint density at radius 3 is 2.94 bits per heavy atom. The average Bonchev–Trinajstić information content (AvgIpc) is 2.70. The van der Waals surface area contributed by atoms with Crippen LogP contribution in [0.4, 0.5) is 0 Å². The number of hydrogen-bond donors (Lipinski definition) is 1. The first-order valence-corrected chi connectivity index (χ1v) is 6.06. The molecule has 0 aliphatic heterocycles. The topological polar surface area (TPSA) is 26.2 Å². The molecule has 1 N–H and O–H groups in total. The molecule has 0 radical (unpaired) electrons. The number of nitrogens with one attached hydrogen (secondary N) is 1. The van der Waals surface area contributed by atoms with Crippen molar-refractivity contribution in [2.24, 2.45) is 5.92 Å². The van der Waals surface area contributed by atoms with Crippen molar-refractivity contribution < 1.29 is 4.74 Å². The standard InChI is InChI=1S/C13H24N2O/c1-12(2)4-7-15-8-5-13(11-15)10-14-6-9-16-3/h5,8,11-12,14H,4,6-7,9-10H2,1-3H3. The summed E-state index contributed by atoms with van der Waals surface area (Å²) in [6.07, 6.45) is 5.63. The quantitative estimate of drug-likeness (QED) is 0.686. The van der Waals surface area contributed by atoms with E-state index in [1.807, 2.05) is 0 Å². The van der Waals surface area contributed by atoms with Crippen LogP contribution < -0.4 is 5.32 Å². The highest BCUT2D eigenvalue weighted by Gasteiger charge is 1.98. The van der Waals surface area contributed by atoms with E-state index in [0.717, 1.165) is 32.2 Å². The van der Waals surface area contributed by atoms with Gasteiger partial charge in [0, 0.05) is 39.1 Å². The van der Waals surface area contributed by atoms with E-state index in [-0.39, 0.29) is 0 Å². The van der Waals surface area contributed by atoms with Gasteiger partial charge in [-0.05, 0) is 24.0 Å².